The van der Waals surface area contributed by atoms with E-state index in [2.05, 4.69) is 9.47 Å². The Morgan fingerprint density at radius 2 is 0.792 bits per heavy atom. The van der Waals surface area contributed by atoms with E-state index in [0.29, 0.717) is 22.3 Å². The summed E-state index contributed by atoms with van der Waals surface area (Å²) in [6.45, 7) is 6.62. The molecule has 0 unspecified atom stereocenters. The summed E-state index contributed by atoms with van der Waals surface area (Å²) in [5, 5.41) is 0. The minimum Gasteiger partial charge on any atom is -0.425 e. The fourth-order valence-electron chi connectivity index (χ4n) is 2.40. The Morgan fingerprint density at radius 3 is 1.04 bits per heavy atom. The third-order valence-corrected chi connectivity index (χ3v) is 3.22. The molecule has 0 aromatic heterocycles. The van der Waals surface area contributed by atoms with Crippen LogP contribution in [-0.4, -0.2) is 12.2 Å². The van der Waals surface area contributed by atoms with Crippen LogP contribution in [0.25, 0.3) is 0 Å². The third kappa shape index (κ3) is 4.19. The predicted molar refractivity (Wildman–Crippen MR) is 83.0 cm³/mol. The van der Waals surface area contributed by atoms with Gasteiger partial charge in [-0.3, -0.25) is 0 Å². The van der Waals surface area contributed by atoms with Crippen LogP contribution in [-0.2, 0) is 0 Å². The van der Waals surface area contributed by atoms with Gasteiger partial charge in [-0.05, 0) is 74.2 Å². The summed E-state index contributed by atoms with van der Waals surface area (Å²) < 4.78 is 64.3. The zero-order valence-corrected chi connectivity index (χ0v) is 13.8. The van der Waals surface area contributed by atoms with Gasteiger partial charge in [0.05, 0.1) is 0 Å². The standard InChI is InChI=1S/C18H18F4O2/c1-11-5-12(2)8-15(7-11)23-17(19,20)18(21,22)24-16-9-13(3)6-14(4)10-16/h5-10H,1-4H3. The lowest BCUT2D eigenvalue weighted by Crippen LogP contribution is -2.49. The van der Waals surface area contributed by atoms with Gasteiger partial charge in [0.25, 0.3) is 0 Å². The average Bonchev–Trinajstić information content (AvgIpc) is 2.34. The second kappa shape index (κ2) is 6.34. The van der Waals surface area contributed by atoms with Crippen LogP contribution in [0.15, 0.2) is 36.4 Å². The van der Waals surface area contributed by atoms with Crippen molar-refractivity contribution in [3.63, 3.8) is 0 Å². The molecular formula is C18H18F4O2. The van der Waals surface area contributed by atoms with Crippen LogP contribution in [0.1, 0.15) is 22.3 Å². The van der Waals surface area contributed by atoms with Gasteiger partial charge in [-0.25, -0.2) is 0 Å². The molecule has 0 bridgehead atoms. The van der Waals surface area contributed by atoms with E-state index >= 15 is 0 Å². The van der Waals surface area contributed by atoms with Crippen molar-refractivity contribution < 1.29 is 27.0 Å². The molecule has 0 aliphatic carbocycles. The summed E-state index contributed by atoms with van der Waals surface area (Å²) in [5.74, 6) is -0.692. The lowest BCUT2D eigenvalue weighted by Gasteiger charge is -2.26. The maximum Gasteiger partial charge on any atom is 0.507 e. The summed E-state index contributed by atoms with van der Waals surface area (Å²) >= 11 is 0. The van der Waals surface area contributed by atoms with E-state index in [1.165, 1.54) is 24.3 Å². The van der Waals surface area contributed by atoms with E-state index in [1.807, 2.05) is 0 Å². The lowest BCUT2D eigenvalue weighted by molar-refractivity contribution is -0.379. The Kier molecular flexibility index (Phi) is 4.78. The summed E-state index contributed by atoms with van der Waals surface area (Å²) in [4.78, 5) is 0. The number of rotatable bonds is 5. The highest BCUT2D eigenvalue weighted by Gasteiger charge is 2.63. The summed E-state index contributed by atoms with van der Waals surface area (Å²) in [6, 6.07) is 8.47. The molecule has 0 aliphatic heterocycles. The van der Waals surface area contributed by atoms with E-state index in [-0.39, 0.29) is 11.5 Å². The van der Waals surface area contributed by atoms with Crippen LogP contribution in [0.4, 0.5) is 17.6 Å². The minimum atomic E-state index is -4.83. The van der Waals surface area contributed by atoms with Crippen molar-refractivity contribution in [1.29, 1.82) is 0 Å². The molecule has 0 radical (unpaired) electrons. The van der Waals surface area contributed by atoms with E-state index in [9.17, 15) is 17.6 Å². The molecule has 0 amide bonds. The number of alkyl halides is 4. The fourth-order valence-corrected chi connectivity index (χ4v) is 2.40. The molecule has 0 fully saturated rings. The second-order valence-corrected chi connectivity index (χ2v) is 5.88. The highest BCUT2D eigenvalue weighted by atomic mass is 19.3. The van der Waals surface area contributed by atoms with Crippen LogP contribution in [0.3, 0.4) is 0 Å². The van der Waals surface area contributed by atoms with Crippen LogP contribution in [0, 0.1) is 27.7 Å². The third-order valence-electron chi connectivity index (χ3n) is 3.22. The molecule has 2 aromatic rings. The number of hydrogen-bond donors (Lipinski definition) is 0. The maximum atomic E-state index is 13.9. The monoisotopic (exact) mass is 342 g/mol. The lowest BCUT2D eigenvalue weighted by atomic mass is 10.1. The van der Waals surface area contributed by atoms with Crippen molar-refractivity contribution in [2.24, 2.45) is 0 Å². The summed E-state index contributed by atoms with van der Waals surface area (Å²) in [7, 11) is 0. The van der Waals surface area contributed by atoms with Gasteiger partial charge in [0, 0.05) is 0 Å². The molecule has 0 aliphatic rings. The van der Waals surface area contributed by atoms with Crippen molar-refractivity contribution in [3.05, 3.63) is 58.7 Å². The number of benzene rings is 2. The highest BCUT2D eigenvalue weighted by molar-refractivity contribution is 5.34. The molecule has 0 atom stereocenters. The van der Waals surface area contributed by atoms with Crippen LogP contribution >= 0.6 is 0 Å². The summed E-state index contributed by atoms with van der Waals surface area (Å²) in [5.41, 5.74) is 2.50. The molecule has 0 spiro atoms. The van der Waals surface area contributed by atoms with Crippen molar-refractivity contribution in [2.45, 2.75) is 39.9 Å². The predicted octanol–water partition coefficient (Wildman–Crippen LogP) is 5.56. The van der Waals surface area contributed by atoms with Gasteiger partial charge in [0.1, 0.15) is 11.5 Å². The molecule has 24 heavy (non-hydrogen) atoms. The Bertz CT molecular complexity index is 638. The molecular weight excluding hydrogens is 324 g/mol. The molecule has 0 N–H and O–H groups in total. The van der Waals surface area contributed by atoms with E-state index in [0.717, 1.165) is 0 Å². The van der Waals surface area contributed by atoms with Gasteiger partial charge >= 0.3 is 12.2 Å². The van der Waals surface area contributed by atoms with E-state index in [1.54, 1.807) is 39.8 Å². The second-order valence-electron chi connectivity index (χ2n) is 5.88. The van der Waals surface area contributed by atoms with Crippen molar-refractivity contribution >= 4 is 0 Å². The quantitative estimate of drug-likeness (QED) is 0.662. The van der Waals surface area contributed by atoms with Crippen LogP contribution in [0.5, 0.6) is 11.5 Å². The normalized spacial score (nSPS) is 12.2. The van der Waals surface area contributed by atoms with Gasteiger partial charge in [-0.2, -0.15) is 17.6 Å². The molecule has 130 valence electrons. The Morgan fingerprint density at radius 1 is 0.542 bits per heavy atom. The van der Waals surface area contributed by atoms with Gasteiger partial charge in [0.2, 0.25) is 0 Å². The average molecular weight is 342 g/mol. The molecule has 6 heteroatoms. The topological polar surface area (TPSA) is 18.5 Å². The van der Waals surface area contributed by atoms with Crippen molar-refractivity contribution in [3.8, 4) is 11.5 Å². The minimum absolute atomic E-state index is 0.346. The smallest absolute Gasteiger partial charge is 0.425 e. The van der Waals surface area contributed by atoms with Gasteiger partial charge < -0.3 is 9.47 Å². The van der Waals surface area contributed by atoms with Crippen molar-refractivity contribution in [1.82, 2.24) is 0 Å². The van der Waals surface area contributed by atoms with E-state index < -0.39 is 12.2 Å². The number of ether oxygens (including phenoxy) is 2. The SMILES string of the molecule is Cc1cc(C)cc(OC(F)(F)C(F)(F)Oc2cc(C)cc(C)c2)c1. The fraction of sp³-hybridized carbons (Fsp3) is 0.333. The van der Waals surface area contributed by atoms with Crippen LogP contribution < -0.4 is 9.47 Å². The van der Waals surface area contributed by atoms with E-state index in [4.69, 9.17) is 0 Å². The first-order chi connectivity index (χ1) is 11.0. The number of aryl methyl sites for hydroxylation is 4. The van der Waals surface area contributed by atoms with Crippen molar-refractivity contribution in [2.75, 3.05) is 0 Å². The highest BCUT2D eigenvalue weighted by Crippen LogP contribution is 2.38. The largest absolute Gasteiger partial charge is 0.507 e. The molecule has 2 rings (SSSR count). The molecule has 2 aromatic carbocycles. The first kappa shape index (κ1) is 18.1. The molecule has 0 saturated carbocycles. The zero-order valence-electron chi connectivity index (χ0n) is 13.8. The Labute approximate surface area is 138 Å². The van der Waals surface area contributed by atoms with Gasteiger partial charge in [0.15, 0.2) is 0 Å². The molecule has 0 saturated heterocycles. The number of hydrogen-bond acceptors (Lipinski definition) is 2. The zero-order chi connectivity index (χ0) is 18.1. The first-order valence-electron chi connectivity index (χ1n) is 7.29. The number of halogens is 4. The molecule has 0 heterocycles. The van der Waals surface area contributed by atoms with Gasteiger partial charge in [-0.1, -0.05) is 12.1 Å². The summed E-state index contributed by atoms with van der Waals surface area (Å²) in [6.07, 6.45) is -9.66. The van der Waals surface area contributed by atoms with Crippen LogP contribution in [0.2, 0.25) is 0 Å². The maximum absolute atomic E-state index is 13.9. The first-order valence-corrected chi connectivity index (χ1v) is 7.29. The molecule has 2 nitrogen and oxygen atoms in total. The van der Waals surface area contributed by atoms with Gasteiger partial charge in [-0.15, -0.1) is 0 Å². The Hall–Kier alpha value is -2.24. The Balaban J connectivity index is 2.24.